The van der Waals surface area contributed by atoms with Gasteiger partial charge in [-0.05, 0) is 19.3 Å². The van der Waals surface area contributed by atoms with Crippen molar-refractivity contribution in [1.29, 1.82) is 0 Å². The average molecular weight is 328 g/mol. The molecule has 0 saturated heterocycles. The van der Waals surface area contributed by atoms with E-state index in [2.05, 4.69) is 10.5 Å². The van der Waals surface area contributed by atoms with Crippen LogP contribution in [0.15, 0.2) is 40.9 Å². The monoisotopic (exact) mass is 328 g/mol. The fraction of sp³-hybridized carbons (Fsp3) is 0.389. The van der Waals surface area contributed by atoms with Crippen LogP contribution >= 0.6 is 0 Å². The van der Waals surface area contributed by atoms with Crippen LogP contribution in [0.4, 0.5) is 0 Å². The van der Waals surface area contributed by atoms with E-state index in [1.807, 2.05) is 30.3 Å². The molecular weight excluding hydrogens is 308 g/mol. The molecule has 2 atom stereocenters. The SMILES string of the molecule is O=C(O)C1CCCC(C(=O)NCc2cc(-c3ccccc3)no2)C1. The molecule has 6 nitrogen and oxygen atoms in total. The number of carboxylic acids is 1. The summed E-state index contributed by atoms with van der Waals surface area (Å²) in [5.74, 6) is -0.998. The molecule has 1 aromatic carbocycles. The minimum Gasteiger partial charge on any atom is -0.481 e. The van der Waals surface area contributed by atoms with E-state index in [9.17, 15) is 9.59 Å². The van der Waals surface area contributed by atoms with Crippen molar-refractivity contribution in [3.05, 3.63) is 42.2 Å². The van der Waals surface area contributed by atoms with Crippen LogP contribution in [-0.4, -0.2) is 22.1 Å². The summed E-state index contributed by atoms with van der Waals surface area (Å²) in [4.78, 5) is 23.3. The summed E-state index contributed by atoms with van der Waals surface area (Å²) in [5.41, 5.74) is 1.68. The number of aliphatic carboxylic acids is 1. The number of carboxylic acid groups (broad SMARTS) is 1. The van der Waals surface area contributed by atoms with Crippen molar-refractivity contribution in [1.82, 2.24) is 10.5 Å². The third-order valence-corrected chi connectivity index (χ3v) is 4.46. The molecule has 0 radical (unpaired) electrons. The second-order valence-electron chi connectivity index (χ2n) is 6.16. The lowest BCUT2D eigenvalue weighted by molar-refractivity contribution is -0.144. The Morgan fingerprint density at radius 3 is 2.71 bits per heavy atom. The van der Waals surface area contributed by atoms with Gasteiger partial charge < -0.3 is 14.9 Å². The Balaban J connectivity index is 1.55. The Morgan fingerprint density at radius 1 is 1.21 bits per heavy atom. The summed E-state index contributed by atoms with van der Waals surface area (Å²) in [6, 6.07) is 11.5. The smallest absolute Gasteiger partial charge is 0.306 e. The second-order valence-corrected chi connectivity index (χ2v) is 6.16. The first-order chi connectivity index (χ1) is 11.6. The topological polar surface area (TPSA) is 92.4 Å². The van der Waals surface area contributed by atoms with Crippen molar-refractivity contribution < 1.29 is 19.2 Å². The van der Waals surface area contributed by atoms with Crippen molar-refractivity contribution >= 4 is 11.9 Å². The first-order valence-corrected chi connectivity index (χ1v) is 8.15. The van der Waals surface area contributed by atoms with E-state index < -0.39 is 11.9 Å². The predicted octanol–water partition coefficient (Wildman–Crippen LogP) is 2.85. The number of rotatable bonds is 5. The summed E-state index contributed by atoms with van der Waals surface area (Å²) in [6.45, 7) is 0.257. The Bertz CT molecular complexity index is 711. The summed E-state index contributed by atoms with van der Waals surface area (Å²) >= 11 is 0. The third kappa shape index (κ3) is 3.82. The van der Waals surface area contributed by atoms with Crippen molar-refractivity contribution in [3.8, 4) is 11.3 Å². The van der Waals surface area contributed by atoms with Crippen LogP contribution in [-0.2, 0) is 16.1 Å². The molecule has 0 spiro atoms. The Kier molecular flexibility index (Phi) is 4.93. The van der Waals surface area contributed by atoms with Gasteiger partial charge in [-0.2, -0.15) is 0 Å². The van der Waals surface area contributed by atoms with Gasteiger partial charge in [-0.25, -0.2) is 0 Å². The highest BCUT2D eigenvalue weighted by Crippen LogP contribution is 2.29. The predicted molar refractivity (Wildman–Crippen MR) is 86.9 cm³/mol. The van der Waals surface area contributed by atoms with Crippen LogP contribution < -0.4 is 5.32 Å². The summed E-state index contributed by atoms with van der Waals surface area (Å²) < 4.78 is 5.26. The zero-order chi connectivity index (χ0) is 16.9. The van der Waals surface area contributed by atoms with Crippen molar-refractivity contribution in [2.45, 2.75) is 32.2 Å². The molecule has 2 unspecified atom stereocenters. The molecule has 126 valence electrons. The van der Waals surface area contributed by atoms with E-state index in [1.165, 1.54) is 0 Å². The van der Waals surface area contributed by atoms with Crippen LogP contribution in [0.1, 0.15) is 31.4 Å². The zero-order valence-corrected chi connectivity index (χ0v) is 13.3. The maximum atomic E-state index is 12.3. The third-order valence-electron chi connectivity index (χ3n) is 4.46. The van der Waals surface area contributed by atoms with Crippen LogP contribution in [0.25, 0.3) is 11.3 Å². The average Bonchev–Trinajstić information content (AvgIpc) is 3.09. The Labute approximate surface area is 139 Å². The molecule has 6 heteroatoms. The molecule has 0 aliphatic heterocycles. The molecule has 1 aliphatic carbocycles. The lowest BCUT2D eigenvalue weighted by atomic mass is 9.81. The van der Waals surface area contributed by atoms with Gasteiger partial charge >= 0.3 is 5.97 Å². The van der Waals surface area contributed by atoms with Crippen molar-refractivity contribution in [3.63, 3.8) is 0 Å². The number of nitrogens with zero attached hydrogens (tertiary/aromatic N) is 1. The van der Waals surface area contributed by atoms with Crippen molar-refractivity contribution in [2.75, 3.05) is 0 Å². The van der Waals surface area contributed by atoms with E-state index >= 15 is 0 Å². The first kappa shape index (κ1) is 16.2. The van der Waals surface area contributed by atoms with Crippen LogP contribution in [0.3, 0.4) is 0 Å². The number of carbonyl (C=O) groups is 2. The maximum absolute atomic E-state index is 12.3. The molecule has 2 aromatic rings. The standard InChI is InChI=1S/C18H20N2O4/c21-17(13-7-4-8-14(9-13)18(22)23)19-11-15-10-16(20-24-15)12-5-2-1-3-6-12/h1-3,5-6,10,13-14H,4,7-9,11H2,(H,19,21)(H,22,23). The lowest BCUT2D eigenvalue weighted by Gasteiger charge is -2.25. The fourth-order valence-electron chi connectivity index (χ4n) is 3.11. The van der Waals surface area contributed by atoms with E-state index in [1.54, 1.807) is 6.07 Å². The van der Waals surface area contributed by atoms with E-state index in [-0.39, 0.29) is 18.4 Å². The zero-order valence-electron chi connectivity index (χ0n) is 13.3. The van der Waals surface area contributed by atoms with Gasteiger partial charge in [0.1, 0.15) is 5.69 Å². The molecule has 0 bridgehead atoms. The van der Waals surface area contributed by atoms with Gasteiger partial charge in [0.05, 0.1) is 12.5 Å². The lowest BCUT2D eigenvalue weighted by Crippen LogP contribution is -2.35. The fourth-order valence-corrected chi connectivity index (χ4v) is 3.11. The highest BCUT2D eigenvalue weighted by atomic mass is 16.5. The van der Waals surface area contributed by atoms with Crippen LogP contribution in [0, 0.1) is 11.8 Å². The van der Waals surface area contributed by atoms with Gasteiger partial charge in [-0.15, -0.1) is 0 Å². The van der Waals surface area contributed by atoms with Gasteiger partial charge in [0.25, 0.3) is 0 Å². The highest BCUT2D eigenvalue weighted by molar-refractivity contribution is 5.80. The van der Waals surface area contributed by atoms with Crippen molar-refractivity contribution in [2.24, 2.45) is 11.8 Å². The molecule has 2 N–H and O–H groups in total. The Hall–Kier alpha value is -2.63. The van der Waals surface area contributed by atoms with E-state index in [4.69, 9.17) is 9.63 Å². The van der Waals surface area contributed by atoms with Gasteiger partial charge in [-0.1, -0.05) is 41.9 Å². The summed E-state index contributed by atoms with van der Waals surface area (Å²) in [7, 11) is 0. The number of carbonyl (C=O) groups excluding carboxylic acids is 1. The van der Waals surface area contributed by atoms with Crippen LogP contribution in [0.5, 0.6) is 0 Å². The number of hydrogen-bond donors (Lipinski definition) is 2. The quantitative estimate of drug-likeness (QED) is 0.880. The number of amides is 1. The van der Waals surface area contributed by atoms with Gasteiger partial charge in [0.2, 0.25) is 5.91 Å². The first-order valence-electron chi connectivity index (χ1n) is 8.15. The summed E-state index contributed by atoms with van der Waals surface area (Å²) in [5, 5.41) is 15.9. The normalized spacial score (nSPS) is 20.5. The molecule has 1 saturated carbocycles. The Morgan fingerprint density at radius 2 is 1.96 bits per heavy atom. The molecule has 1 aliphatic rings. The molecule has 1 aromatic heterocycles. The van der Waals surface area contributed by atoms with E-state index in [0.29, 0.717) is 18.6 Å². The largest absolute Gasteiger partial charge is 0.481 e. The van der Waals surface area contributed by atoms with Crippen LogP contribution in [0.2, 0.25) is 0 Å². The number of nitrogens with one attached hydrogen (secondary N) is 1. The number of aromatic nitrogens is 1. The molecule has 1 fully saturated rings. The highest BCUT2D eigenvalue weighted by Gasteiger charge is 2.30. The molecular formula is C18H20N2O4. The number of benzene rings is 1. The maximum Gasteiger partial charge on any atom is 0.306 e. The number of hydrogen-bond acceptors (Lipinski definition) is 4. The molecule has 1 amide bonds. The molecule has 24 heavy (non-hydrogen) atoms. The minimum atomic E-state index is -0.810. The summed E-state index contributed by atoms with van der Waals surface area (Å²) in [6.07, 6.45) is 2.57. The van der Waals surface area contributed by atoms with E-state index in [0.717, 1.165) is 24.1 Å². The second kappa shape index (κ2) is 7.29. The van der Waals surface area contributed by atoms with Gasteiger partial charge in [0, 0.05) is 17.5 Å². The van der Waals surface area contributed by atoms with Gasteiger partial charge in [0.15, 0.2) is 5.76 Å². The van der Waals surface area contributed by atoms with Gasteiger partial charge in [-0.3, -0.25) is 9.59 Å². The molecule has 3 rings (SSSR count). The minimum absolute atomic E-state index is 0.112. The molecule has 1 heterocycles.